The highest BCUT2D eigenvalue weighted by Gasteiger charge is 1.98. The van der Waals surface area contributed by atoms with Crippen LogP contribution in [0.1, 0.15) is 19.0 Å². The Morgan fingerprint density at radius 3 is 3.15 bits per heavy atom. The van der Waals surface area contributed by atoms with Gasteiger partial charge in [-0.2, -0.15) is 5.26 Å². The predicted octanol–water partition coefficient (Wildman–Crippen LogP) is 1.51. The van der Waals surface area contributed by atoms with Gasteiger partial charge in [-0.3, -0.25) is 0 Å². The summed E-state index contributed by atoms with van der Waals surface area (Å²) in [5.74, 6) is 0. The summed E-state index contributed by atoms with van der Waals surface area (Å²) in [5.41, 5.74) is 1.18. The Bertz CT molecular complexity index is 283. The van der Waals surface area contributed by atoms with Crippen LogP contribution in [-0.2, 0) is 13.1 Å². The lowest BCUT2D eigenvalue weighted by atomic mass is 10.4. The van der Waals surface area contributed by atoms with E-state index in [0.717, 1.165) is 19.5 Å². The third-order valence-corrected chi connectivity index (χ3v) is 1.90. The highest BCUT2D eigenvalue weighted by atomic mass is 15.0. The van der Waals surface area contributed by atoms with Crippen molar-refractivity contribution in [3.8, 4) is 6.07 Å². The Kier molecular flexibility index (Phi) is 4.07. The Hall–Kier alpha value is -1.27. The van der Waals surface area contributed by atoms with E-state index < -0.39 is 0 Å². The molecular weight excluding hydrogens is 162 g/mol. The second-order valence-electron chi connectivity index (χ2n) is 2.96. The molecule has 0 aliphatic rings. The lowest BCUT2D eigenvalue weighted by Gasteiger charge is -2.05. The van der Waals surface area contributed by atoms with Gasteiger partial charge in [-0.1, -0.05) is 6.92 Å². The molecule has 1 heterocycles. The first-order valence-electron chi connectivity index (χ1n) is 4.60. The Morgan fingerprint density at radius 1 is 1.62 bits per heavy atom. The number of nitriles is 1. The van der Waals surface area contributed by atoms with Crippen LogP contribution in [0.5, 0.6) is 0 Å². The van der Waals surface area contributed by atoms with Crippen molar-refractivity contribution in [2.24, 2.45) is 0 Å². The van der Waals surface area contributed by atoms with Gasteiger partial charge in [0.15, 0.2) is 0 Å². The molecule has 0 atom stereocenters. The van der Waals surface area contributed by atoms with Gasteiger partial charge in [-0.05, 0) is 25.1 Å². The standard InChI is InChI=1S/C10H15N3/c1-2-6-12-9-10-4-3-7-13(10)8-5-11/h3-4,7,12H,2,6,8-9H2,1H3. The van der Waals surface area contributed by atoms with Crippen molar-refractivity contribution in [3.63, 3.8) is 0 Å². The first-order chi connectivity index (χ1) is 6.38. The summed E-state index contributed by atoms with van der Waals surface area (Å²) in [4.78, 5) is 0. The molecule has 0 fully saturated rings. The molecule has 3 nitrogen and oxygen atoms in total. The van der Waals surface area contributed by atoms with Gasteiger partial charge >= 0.3 is 0 Å². The number of hydrogen-bond donors (Lipinski definition) is 1. The molecule has 1 N–H and O–H groups in total. The van der Waals surface area contributed by atoms with Gasteiger partial charge < -0.3 is 9.88 Å². The van der Waals surface area contributed by atoms with E-state index in [2.05, 4.69) is 18.3 Å². The smallest absolute Gasteiger partial charge is 0.109 e. The van der Waals surface area contributed by atoms with Crippen LogP contribution in [0.15, 0.2) is 18.3 Å². The molecule has 1 aromatic heterocycles. The number of aromatic nitrogens is 1. The molecule has 70 valence electrons. The molecule has 1 rings (SSSR count). The zero-order chi connectivity index (χ0) is 9.52. The SMILES string of the molecule is CCCNCc1cccn1CC#N. The Balaban J connectivity index is 2.46. The number of rotatable bonds is 5. The molecule has 0 saturated heterocycles. The van der Waals surface area contributed by atoms with Crippen molar-refractivity contribution in [2.75, 3.05) is 6.54 Å². The van der Waals surface area contributed by atoms with Crippen LogP contribution in [0.25, 0.3) is 0 Å². The maximum Gasteiger partial charge on any atom is 0.109 e. The van der Waals surface area contributed by atoms with Crippen LogP contribution in [0.3, 0.4) is 0 Å². The van der Waals surface area contributed by atoms with Crippen molar-refractivity contribution >= 4 is 0 Å². The fourth-order valence-corrected chi connectivity index (χ4v) is 1.23. The molecule has 0 aromatic carbocycles. The minimum atomic E-state index is 0.441. The third kappa shape index (κ3) is 2.92. The normalized spacial score (nSPS) is 9.85. The van der Waals surface area contributed by atoms with Crippen molar-refractivity contribution in [2.45, 2.75) is 26.4 Å². The van der Waals surface area contributed by atoms with Crippen molar-refractivity contribution < 1.29 is 0 Å². The van der Waals surface area contributed by atoms with Gasteiger partial charge in [0, 0.05) is 18.4 Å². The maximum absolute atomic E-state index is 8.54. The van der Waals surface area contributed by atoms with Gasteiger partial charge in [-0.25, -0.2) is 0 Å². The third-order valence-electron chi connectivity index (χ3n) is 1.90. The van der Waals surface area contributed by atoms with Crippen molar-refractivity contribution in [3.05, 3.63) is 24.0 Å². The number of nitrogens with one attached hydrogen (secondary N) is 1. The van der Waals surface area contributed by atoms with Crippen LogP contribution in [0.4, 0.5) is 0 Å². The van der Waals surface area contributed by atoms with Gasteiger partial charge in [0.2, 0.25) is 0 Å². The molecule has 0 saturated carbocycles. The predicted molar refractivity (Wildman–Crippen MR) is 52.0 cm³/mol. The highest BCUT2D eigenvalue weighted by molar-refractivity contribution is 5.08. The Morgan fingerprint density at radius 2 is 2.46 bits per heavy atom. The topological polar surface area (TPSA) is 40.8 Å². The van der Waals surface area contributed by atoms with E-state index in [9.17, 15) is 0 Å². The maximum atomic E-state index is 8.54. The minimum Gasteiger partial charge on any atom is -0.337 e. The largest absolute Gasteiger partial charge is 0.337 e. The van der Waals surface area contributed by atoms with Crippen molar-refractivity contribution in [1.29, 1.82) is 5.26 Å². The summed E-state index contributed by atoms with van der Waals surface area (Å²) in [6, 6.07) is 6.15. The minimum absolute atomic E-state index is 0.441. The van der Waals surface area contributed by atoms with Crippen molar-refractivity contribution in [1.82, 2.24) is 9.88 Å². The monoisotopic (exact) mass is 177 g/mol. The molecule has 0 aliphatic heterocycles. The second-order valence-corrected chi connectivity index (χ2v) is 2.96. The lowest BCUT2D eigenvalue weighted by Crippen LogP contribution is -2.16. The zero-order valence-corrected chi connectivity index (χ0v) is 7.95. The average Bonchev–Trinajstić information content (AvgIpc) is 2.54. The van der Waals surface area contributed by atoms with Crippen LogP contribution in [0.2, 0.25) is 0 Å². The molecule has 0 amide bonds. The molecule has 1 aromatic rings. The zero-order valence-electron chi connectivity index (χ0n) is 7.95. The molecule has 13 heavy (non-hydrogen) atoms. The quantitative estimate of drug-likeness (QED) is 0.693. The van der Waals surface area contributed by atoms with Crippen LogP contribution < -0.4 is 5.32 Å². The molecule has 0 aliphatic carbocycles. The molecule has 0 radical (unpaired) electrons. The molecule has 3 heteroatoms. The molecular formula is C10H15N3. The van der Waals surface area contributed by atoms with Gasteiger partial charge in [-0.15, -0.1) is 0 Å². The van der Waals surface area contributed by atoms with Crippen LogP contribution >= 0.6 is 0 Å². The second kappa shape index (κ2) is 5.39. The molecule has 0 bridgehead atoms. The van der Waals surface area contributed by atoms with E-state index in [0.29, 0.717) is 6.54 Å². The lowest BCUT2D eigenvalue weighted by molar-refractivity contribution is 0.635. The van der Waals surface area contributed by atoms with Crippen LogP contribution in [-0.4, -0.2) is 11.1 Å². The summed E-state index contributed by atoms with van der Waals surface area (Å²) in [6.45, 7) is 4.46. The van der Waals surface area contributed by atoms with E-state index >= 15 is 0 Å². The first-order valence-corrected chi connectivity index (χ1v) is 4.60. The number of nitrogens with zero attached hydrogens (tertiary/aromatic N) is 2. The molecule has 0 spiro atoms. The summed E-state index contributed by atoms with van der Waals surface area (Å²) in [5, 5.41) is 11.8. The molecule has 0 unspecified atom stereocenters. The van der Waals surface area contributed by atoms with E-state index in [-0.39, 0.29) is 0 Å². The van der Waals surface area contributed by atoms with E-state index in [1.54, 1.807) is 0 Å². The summed E-state index contributed by atoms with van der Waals surface area (Å²) in [6.07, 6.45) is 3.07. The average molecular weight is 177 g/mol. The van der Waals surface area contributed by atoms with Gasteiger partial charge in [0.1, 0.15) is 6.54 Å². The summed E-state index contributed by atoms with van der Waals surface area (Å²) >= 11 is 0. The fraction of sp³-hybridized carbons (Fsp3) is 0.500. The van der Waals surface area contributed by atoms with Crippen LogP contribution in [0, 0.1) is 11.3 Å². The van der Waals surface area contributed by atoms with E-state index in [4.69, 9.17) is 5.26 Å². The highest BCUT2D eigenvalue weighted by Crippen LogP contribution is 2.01. The summed E-state index contributed by atoms with van der Waals surface area (Å²) in [7, 11) is 0. The van der Waals surface area contributed by atoms with E-state index in [1.807, 2.05) is 22.9 Å². The summed E-state index contributed by atoms with van der Waals surface area (Å²) < 4.78 is 1.96. The Labute approximate surface area is 79.0 Å². The van der Waals surface area contributed by atoms with Gasteiger partial charge in [0.25, 0.3) is 0 Å². The van der Waals surface area contributed by atoms with E-state index in [1.165, 1.54) is 5.69 Å². The first kappa shape index (κ1) is 9.82. The number of hydrogen-bond acceptors (Lipinski definition) is 2. The fourth-order valence-electron chi connectivity index (χ4n) is 1.23. The van der Waals surface area contributed by atoms with Gasteiger partial charge in [0.05, 0.1) is 6.07 Å².